The van der Waals surface area contributed by atoms with Gasteiger partial charge in [0.25, 0.3) is 0 Å². The van der Waals surface area contributed by atoms with Gasteiger partial charge in [-0.3, -0.25) is 9.69 Å². The fourth-order valence-corrected chi connectivity index (χ4v) is 3.89. The number of hydrogen-bond donors (Lipinski definition) is 0. The molecule has 6 heteroatoms. The van der Waals surface area contributed by atoms with Crippen molar-refractivity contribution in [3.05, 3.63) is 29.8 Å². The van der Waals surface area contributed by atoms with Crippen LogP contribution in [0.15, 0.2) is 29.2 Å². The Bertz CT molecular complexity index is 600. The van der Waals surface area contributed by atoms with Crippen LogP contribution in [-0.4, -0.2) is 55.6 Å². The highest BCUT2D eigenvalue weighted by Gasteiger charge is 2.29. The van der Waals surface area contributed by atoms with Gasteiger partial charge in [-0.05, 0) is 32.9 Å². The lowest BCUT2D eigenvalue weighted by Crippen LogP contribution is -2.50. The lowest BCUT2D eigenvalue weighted by atomic mass is 10.2. The molecule has 21 heavy (non-hydrogen) atoms. The molecule has 0 radical (unpaired) electrons. The van der Waals surface area contributed by atoms with Crippen molar-refractivity contribution in [2.75, 3.05) is 26.2 Å². The van der Waals surface area contributed by atoms with E-state index >= 15 is 0 Å². The van der Waals surface area contributed by atoms with Crippen LogP contribution in [0.2, 0.25) is 0 Å². The van der Waals surface area contributed by atoms with Crippen molar-refractivity contribution in [1.82, 2.24) is 9.21 Å². The van der Waals surface area contributed by atoms with Crippen molar-refractivity contribution in [3.8, 4) is 0 Å². The Morgan fingerprint density at radius 3 is 2.00 bits per heavy atom. The molecule has 0 amide bonds. The number of piperazine rings is 1. The summed E-state index contributed by atoms with van der Waals surface area (Å²) in [5, 5.41) is 0. The zero-order valence-electron chi connectivity index (χ0n) is 12.7. The summed E-state index contributed by atoms with van der Waals surface area (Å²) in [5.74, 6) is -0.0653. The first-order valence-corrected chi connectivity index (χ1v) is 8.61. The van der Waals surface area contributed by atoms with Gasteiger partial charge in [0.15, 0.2) is 5.78 Å². The van der Waals surface area contributed by atoms with E-state index in [1.165, 1.54) is 23.4 Å². The highest BCUT2D eigenvalue weighted by atomic mass is 32.2. The maximum atomic E-state index is 12.6. The number of nitrogens with zero attached hydrogens (tertiary/aromatic N) is 2. The van der Waals surface area contributed by atoms with Gasteiger partial charge in [-0.2, -0.15) is 4.31 Å². The van der Waals surface area contributed by atoms with E-state index in [-0.39, 0.29) is 10.7 Å². The molecule has 1 aliphatic rings. The summed E-state index contributed by atoms with van der Waals surface area (Å²) in [7, 11) is -3.46. The molecule has 0 spiro atoms. The molecular weight excluding hydrogens is 288 g/mol. The molecule has 1 aromatic carbocycles. The minimum Gasteiger partial charge on any atom is -0.298 e. The van der Waals surface area contributed by atoms with E-state index in [2.05, 4.69) is 18.7 Å². The Labute approximate surface area is 126 Å². The van der Waals surface area contributed by atoms with Crippen molar-refractivity contribution in [2.24, 2.45) is 0 Å². The van der Waals surface area contributed by atoms with Gasteiger partial charge in [0, 0.05) is 37.8 Å². The third-order valence-corrected chi connectivity index (χ3v) is 5.82. The molecule has 0 bridgehead atoms. The first-order chi connectivity index (χ1) is 9.82. The van der Waals surface area contributed by atoms with Gasteiger partial charge in [0.2, 0.25) is 10.0 Å². The Morgan fingerprint density at radius 1 is 1.05 bits per heavy atom. The second-order valence-electron chi connectivity index (χ2n) is 5.61. The van der Waals surface area contributed by atoms with Gasteiger partial charge >= 0.3 is 0 Å². The minimum atomic E-state index is -3.46. The van der Waals surface area contributed by atoms with Crippen LogP contribution in [0.1, 0.15) is 31.1 Å². The Morgan fingerprint density at radius 2 is 1.57 bits per heavy atom. The molecule has 116 valence electrons. The average Bonchev–Trinajstić information content (AvgIpc) is 2.47. The van der Waals surface area contributed by atoms with E-state index in [0.717, 1.165) is 13.1 Å². The molecule has 0 N–H and O–H groups in total. The van der Waals surface area contributed by atoms with Crippen LogP contribution >= 0.6 is 0 Å². The predicted octanol–water partition coefficient (Wildman–Crippen LogP) is 1.60. The van der Waals surface area contributed by atoms with Gasteiger partial charge in [-0.15, -0.1) is 0 Å². The van der Waals surface area contributed by atoms with Gasteiger partial charge in [0.05, 0.1) is 4.90 Å². The van der Waals surface area contributed by atoms with E-state index in [0.29, 0.717) is 24.7 Å². The van der Waals surface area contributed by atoms with Crippen LogP contribution in [0.4, 0.5) is 0 Å². The zero-order valence-corrected chi connectivity index (χ0v) is 13.6. The van der Waals surface area contributed by atoms with E-state index in [1.54, 1.807) is 12.1 Å². The maximum Gasteiger partial charge on any atom is 0.243 e. The van der Waals surface area contributed by atoms with Crippen LogP contribution in [0.25, 0.3) is 0 Å². The van der Waals surface area contributed by atoms with E-state index in [1.807, 2.05) is 0 Å². The second-order valence-corrected chi connectivity index (χ2v) is 7.55. The summed E-state index contributed by atoms with van der Waals surface area (Å²) in [6.45, 7) is 8.22. The lowest BCUT2D eigenvalue weighted by Gasteiger charge is -2.36. The first kappa shape index (κ1) is 16.1. The van der Waals surface area contributed by atoms with Crippen LogP contribution in [0.3, 0.4) is 0 Å². The number of hydrogen-bond acceptors (Lipinski definition) is 4. The van der Waals surface area contributed by atoms with E-state index in [9.17, 15) is 13.2 Å². The minimum absolute atomic E-state index is 0.0653. The fraction of sp³-hybridized carbons (Fsp3) is 0.533. The quantitative estimate of drug-likeness (QED) is 0.793. The largest absolute Gasteiger partial charge is 0.298 e. The molecule has 0 aromatic heterocycles. The van der Waals surface area contributed by atoms with Gasteiger partial charge in [-0.25, -0.2) is 8.42 Å². The Hall–Kier alpha value is -1.24. The average molecular weight is 310 g/mol. The number of Topliss-reactive ketones (excluding diaryl/α,β-unsaturated/α-hetero) is 1. The molecule has 1 aromatic rings. The van der Waals surface area contributed by atoms with Crippen molar-refractivity contribution in [1.29, 1.82) is 0 Å². The van der Waals surface area contributed by atoms with Crippen molar-refractivity contribution >= 4 is 15.8 Å². The van der Waals surface area contributed by atoms with Crippen molar-refractivity contribution < 1.29 is 13.2 Å². The number of benzene rings is 1. The number of carbonyl (C=O) groups excluding carboxylic acids is 1. The van der Waals surface area contributed by atoms with Crippen LogP contribution in [0.5, 0.6) is 0 Å². The Balaban J connectivity index is 2.13. The van der Waals surface area contributed by atoms with Gasteiger partial charge < -0.3 is 0 Å². The standard InChI is InChI=1S/C15H22N2O3S/c1-12(2)16-8-10-17(11-9-16)21(19,20)15-6-4-14(5-7-15)13(3)18/h4-7,12H,8-11H2,1-3H3. The summed E-state index contributed by atoms with van der Waals surface area (Å²) in [6.07, 6.45) is 0. The summed E-state index contributed by atoms with van der Waals surface area (Å²) in [6, 6.07) is 6.60. The number of carbonyl (C=O) groups is 1. The van der Waals surface area contributed by atoms with E-state index < -0.39 is 10.0 Å². The van der Waals surface area contributed by atoms with Gasteiger partial charge in [0.1, 0.15) is 0 Å². The summed E-state index contributed by atoms with van der Waals surface area (Å²) >= 11 is 0. The predicted molar refractivity (Wildman–Crippen MR) is 81.9 cm³/mol. The van der Waals surface area contributed by atoms with Crippen molar-refractivity contribution in [2.45, 2.75) is 31.7 Å². The highest BCUT2D eigenvalue weighted by Crippen LogP contribution is 2.19. The molecule has 1 fully saturated rings. The Kier molecular flexibility index (Phi) is 4.81. The molecule has 0 saturated carbocycles. The molecule has 0 aliphatic carbocycles. The molecule has 1 heterocycles. The van der Waals surface area contributed by atoms with Crippen LogP contribution in [-0.2, 0) is 10.0 Å². The molecule has 0 unspecified atom stereocenters. The van der Waals surface area contributed by atoms with Crippen LogP contribution < -0.4 is 0 Å². The molecule has 5 nitrogen and oxygen atoms in total. The normalized spacial score (nSPS) is 18.1. The van der Waals surface area contributed by atoms with E-state index in [4.69, 9.17) is 0 Å². The molecule has 1 aliphatic heterocycles. The third-order valence-electron chi connectivity index (χ3n) is 3.90. The topological polar surface area (TPSA) is 57.7 Å². The molecule has 1 saturated heterocycles. The molecule has 2 rings (SSSR count). The molecular formula is C15H22N2O3S. The number of rotatable bonds is 4. The second kappa shape index (κ2) is 6.25. The lowest BCUT2D eigenvalue weighted by molar-refractivity contribution is 0.101. The van der Waals surface area contributed by atoms with Crippen LogP contribution in [0, 0.1) is 0 Å². The summed E-state index contributed by atoms with van der Waals surface area (Å²) in [5.41, 5.74) is 0.526. The smallest absolute Gasteiger partial charge is 0.243 e. The number of sulfonamides is 1. The monoisotopic (exact) mass is 310 g/mol. The maximum absolute atomic E-state index is 12.6. The fourth-order valence-electron chi connectivity index (χ4n) is 2.47. The zero-order chi connectivity index (χ0) is 15.6. The summed E-state index contributed by atoms with van der Waals surface area (Å²) < 4.78 is 26.7. The summed E-state index contributed by atoms with van der Waals surface area (Å²) in [4.78, 5) is 13.8. The van der Waals surface area contributed by atoms with Crippen molar-refractivity contribution in [3.63, 3.8) is 0 Å². The first-order valence-electron chi connectivity index (χ1n) is 7.17. The number of ketones is 1. The third kappa shape index (κ3) is 3.51. The highest BCUT2D eigenvalue weighted by molar-refractivity contribution is 7.89. The SMILES string of the molecule is CC(=O)c1ccc(S(=O)(=O)N2CCN(C(C)C)CC2)cc1. The molecule has 0 atom stereocenters. The van der Waals surface area contributed by atoms with Gasteiger partial charge in [-0.1, -0.05) is 12.1 Å².